The molecule has 0 aromatic heterocycles. The minimum absolute atomic E-state index is 0.293. The van der Waals surface area contributed by atoms with E-state index in [4.69, 9.17) is 9.47 Å². The Kier molecular flexibility index (Phi) is 5.89. The number of fused-ring (bicyclic) bond motifs is 1. The van der Waals surface area contributed by atoms with Crippen molar-refractivity contribution < 1.29 is 19.4 Å². The maximum absolute atomic E-state index is 12.9. The average Bonchev–Trinajstić information content (AvgIpc) is 2.73. The number of hydrogen-bond donors (Lipinski definition) is 2. The molecule has 1 atom stereocenters. The van der Waals surface area contributed by atoms with E-state index in [2.05, 4.69) is 37.2 Å². The highest BCUT2D eigenvalue weighted by atomic mass is 79.9. The predicted octanol–water partition coefficient (Wildman–Crippen LogP) is 5.32. The van der Waals surface area contributed by atoms with E-state index in [0.29, 0.717) is 51.6 Å². The number of aliphatic hydroxyl groups excluding tert-OH is 1. The summed E-state index contributed by atoms with van der Waals surface area (Å²) >= 11 is 6.80. The third-order valence-corrected chi connectivity index (χ3v) is 5.78. The van der Waals surface area contributed by atoms with Gasteiger partial charge in [0.1, 0.15) is 19.3 Å². The average molecular weight is 519 g/mol. The maximum Gasteiger partial charge on any atom is 0.256 e. The van der Waals surface area contributed by atoms with Gasteiger partial charge in [-0.15, -0.1) is 0 Å². The molecule has 4 rings (SSSR count). The van der Waals surface area contributed by atoms with Crippen LogP contribution in [0.2, 0.25) is 0 Å². The highest BCUT2D eigenvalue weighted by Crippen LogP contribution is 2.40. The molecule has 0 spiro atoms. The van der Waals surface area contributed by atoms with Gasteiger partial charge >= 0.3 is 0 Å². The highest BCUT2D eigenvalue weighted by Gasteiger charge is 2.23. The lowest BCUT2D eigenvalue weighted by molar-refractivity contribution is 0.102. The fraction of sp³-hybridized carbons (Fsp3) is 0.136. The van der Waals surface area contributed by atoms with Gasteiger partial charge in [-0.1, -0.05) is 40.2 Å². The van der Waals surface area contributed by atoms with Gasteiger partial charge in [0.15, 0.2) is 11.5 Å². The van der Waals surface area contributed by atoms with Crippen molar-refractivity contribution in [2.24, 2.45) is 0 Å². The van der Waals surface area contributed by atoms with Gasteiger partial charge in [-0.2, -0.15) is 0 Å². The smallest absolute Gasteiger partial charge is 0.256 e. The van der Waals surface area contributed by atoms with Gasteiger partial charge in [-0.25, -0.2) is 0 Å². The van der Waals surface area contributed by atoms with Gasteiger partial charge in [0, 0.05) is 20.6 Å². The normalized spacial score (nSPS) is 13.6. The van der Waals surface area contributed by atoms with Gasteiger partial charge in [-0.05, 0) is 51.8 Å². The van der Waals surface area contributed by atoms with Gasteiger partial charge < -0.3 is 19.9 Å². The number of rotatable bonds is 4. The Morgan fingerprint density at radius 1 is 0.966 bits per heavy atom. The van der Waals surface area contributed by atoms with Gasteiger partial charge in [0.2, 0.25) is 0 Å². The molecule has 1 aliphatic rings. The van der Waals surface area contributed by atoms with E-state index in [1.807, 2.05) is 30.3 Å². The number of hydrogen-bond acceptors (Lipinski definition) is 4. The van der Waals surface area contributed by atoms with Gasteiger partial charge in [0.25, 0.3) is 5.91 Å². The number of anilines is 1. The number of ether oxygens (including phenoxy) is 2. The molecular weight excluding hydrogens is 502 g/mol. The Morgan fingerprint density at radius 2 is 1.62 bits per heavy atom. The zero-order valence-electron chi connectivity index (χ0n) is 15.2. The second-order valence-electron chi connectivity index (χ2n) is 6.47. The first-order valence-electron chi connectivity index (χ1n) is 8.96. The van der Waals surface area contributed by atoms with Crippen LogP contribution in [0.15, 0.2) is 69.6 Å². The van der Waals surface area contributed by atoms with Gasteiger partial charge in [-0.3, -0.25) is 4.79 Å². The summed E-state index contributed by atoms with van der Waals surface area (Å²) in [6.45, 7) is 0.864. The molecular formula is C22H17Br2NO4. The molecule has 0 unspecified atom stereocenters. The van der Waals surface area contributed by atoms with Crippen LogP contribution in [0, 0.1) is 0 Å². The van der Waals surface area contributed by atoms with Crippen molar-refractivity contribution in [3.05, 3.63) is 86.3 Å². The van der Waals surface area contributed by atoms with Crippen LogP contribution in [0.25, 0.3) is 0 Å². The molecule has 0 bridgehead atoms. The molecule has 0 fully saturated rings. The number of halogens is 2. The molecule has 0 aliphatic carbocycles. The molecule has 3 aromatic carbocycles. The van der Waals surface area contributed by atoms with Crippen LogP contribution in [-0.4, -0.2) is 24.2 Å². The van der Waals surface area contributed by atoms with Crippen molar-refractivity contribution in [2.45, 2.75) is 6.10 Å². The second-order valence-corrected chi connectivity index (χ2v) is 8.24. The van der Waals surface area contributed by atoms with E-state index in [1.165, 1.54) is 0 Å². The van der Waals surface area contributed by atoms with E-state index >= 15 is 0 Å². The van der Waals surface area contributed by atoms with Crippen molar-refractivity contribution in [3.8, 4) is 11.5 Å². The summed E-state index contributed by atoms with van der Waals surface area (Å²) in [5.74, 6) is 0.783. The summed E-state index contributed by atoms with van der Waals surface area (Å²) in [7, 11) is 0. The predicted molar refractivity (Wildman–Crippen MR) is 118 cm³/mol. The van der Waals surface area contributed by atoms with Crippen LogP contribution in [0.5, 0.6) is 11.5 Å². The Bertz CT molecular complexity index is 1050. The van der Waals surface area contributed by atoms with Crippen molar-refractivity contribution >= 4 is 43.5 Å². The number of benzene rings is 3. The molecule has 29 heavy (non-hydrogen) atoms. The fourth-order valence-corrected chi connectivity index (χ4v) is 3.83. The van der Waals surface area contributed by atoms with Gasteiger partial charge in [0.05, 0.1) is 11.3 Å². The second kappa shape index (κ2) is 8.57. The first-order chi connectivity index (χ1) is 14.0. The summed E-state index contributed by atoms with van der Waals surface area (Å²) in [6.07, 6.45) is -0.951. The first-order valence-corrected chi connectivity index (χ1v) is 10.5. The fourth-order valence-electron chi connectivity index (χ4n) is 3.10. The zero-order chi connectivity index (χ0) is 20.4. The van der Waals surface area contributed by atoms with Crippen LogP contribution in [0.4, 0.5) is 5.69 Å². The van der Waals surface area contributed by atoms with Crippen LogP contribution in [0.3, 0.4) is 0 Å². The van der Waals surface area contributed by atoms with Crippen molar-refractivity contribution in [1.82, 2.24) is 0 Å². The number of amides is 1. The zero-order valence-corrected chi connectivity index (χ0v) is 18.4. The third-order valence-electron chi connectivity index (χ3n) is 4.56. The Labute approximate surface area is 184 Å². The largest absolute Gasteiger partial charge is 0.486 e. The van der Waals surface area contributed by atoms with Crippen molar-refractivity contribution in [3.63, 3.8) is 0 Å². The number of carbonyl (C=O) groups is 1. The Balaban J connectivity index is 1.74. The van der Waals surface area contributed by atoms with Crippen LogP contribution < -0.4 is 14.8 Å². The Hall–Kier alpha value is -2.35. The van der Waals surface area contributed by atoms with Crippen LogP contribution >= 0.6 is 31.9 Å². The summed E-state index contributed by atoms with van der Waals surface area (Å²) < 4.78 is 12.9. The topological polar surface area (TPSA) is 67.8 Å². The standard InChI is InChI=1S/C22H17Br2NO4/c23-14-7-5-13(6-8-14)21(26)16-11-19-20(29-10-9-28-19)12-18(16)25-22(27)15-3-1-2-4-17(15)24/h1-8,11-12,21,26H,9-10H2,(H,25,27)/t21-/m0/s1. The monoisotopic (exact) mass is 517 g/mol. The first kappa shape index (κ1) is 19.9. The number of carbonyl (C=O) groups excluding carboxylic acids is 1. The lowest BCUT2D eigenvalue weighted by Crippen LogP contribution is -2.19. The highest BCUT2D eigenvalue weighted by molar-refractivity contribution is 9.10. The number of aliphatic hydroxyl groups is 1. The van der Waals surface area contributed by atoms with Crippen LogP contribution in [-0.2, 0) is 0 Å². The molecule has 7 heteroatoms. The lowest BCUT2D eigenvalue weighted by atomic mass is 9.98. The van der Waals surface area contributed by atoms with Crippen molar-refractivity contribution in [2.75, 3.05) is 18.5 Å². The third kappa shape index (κ3) is 4.32. The van der Waals surface area contributed by atoms with Crippen LogP contribution in [0.1, 0.15) is 27.6 Å². The van der Waals surface area contributed by atoms with E-state index in [0.717, 1.165) is 4.47 Å². The summed E-state index contributed by atoms with van der Waals surface area (Å²) in [4.78, 5) is 12.9. The SMILES string of the molecule is O=C(Nc1cc2c(cc1[C@@H](O)c1ccc(Br)cc1)OCCO2)c1ccccc1Br. The molecule has 0 radical (unpaired) electrons. The number of nitrogens with one attached hydrogen (secondary N) is 1. The molecule has 148 valence electrons. The molecule has 1 amide bonds. The van der Waals surface area contributed by atoms with E-state index in [9.17, 15) is 9.90 Å². The quantitative estimate of drug-likeness (QED) is 0.490. The molecule has 2 N–H and O–H groups in total. The van der Waals surface area contributed by atoms with E-state index in [1.54, 1.807) is 30.3 Å². The lowest BCUT2D eigenvalue weighted by Gasteiger charge is -2.23. The van der Waals surface area contributed by atoms with E-state index < -0.39 is 6.10 Å². The molecule has 1 aliphatic heterocycles. The molecule has 1 heterocycles. The molecule has 3 aromatic rings. The molecule has 0 saturated heterocycles. The Morgan fingerprint density at radius 3 is 2.31 bits per heavy atom. The minimum Gasteiger partial charge on any atom is -0.486 e. The summed E-state index contributed by atoms with van der Waals surface area (Å²) in [5, 5.41) is 13.9. The molecule has 0 saturated carbocycles. The van der Waals surface area contributed by atoms with Crippen molar-refractivity contribution in [1.29, 1.82) is 0 Å². The van der Waals surface area contributed by atoms with E-state index in [-0.39, 0.29) is 5.91 Å². The summed E-state index contributed by atoms with van der Waals surface area (Å²) in [5.41, 5.74) is 2.18. The minimum atomic E-state index is -0.951. The maximum atomic E-state index is 12.9. The molecule has 5 nitrogen and oxygen atoms in total. The summed E-state index contributed by atoms with van der Waals surface area (Å²) in [6, 6.07) is 17.9.